The Morgan fingerprint density at radius 3 is 2.24 bits per heavy atom. The molecule has 0 radical (unpaired) electrons. The van der Waals surface area contributed by atoms with Gasteiger partial charge in [-0.2, -0.15) is 13.2 Å². The number of rotatable bonds is 5. The monoisotopic (exact) mass is 456 g/mol. The van der Waals surface area contributed by atoms with Crippen molar-refractivity contribution in [3.63, 3.8) is 0 Å². The molecule has 0 aliphatic rings. The summed E-state index contributed by atoms with van der Waals surface area (Å²) in [6, 6.07) is 3.34. The molecule has 1 atom stereocenters. The predicted molar refractivity (Wildman–Crippen MR) is 98.2 cm³/mol. The van der Waals surface area contributed by atoms with Crippen LogP contribution in [0, 0.1) is 11.6 Å². The highest BCUT2D eigenvalue weighted by molar-refractivity contribution is 7.92. The van der Waals surface area contributed by atoms with E-state index < -0.39 is 50.4 Å². The van der Waals surface area contributed by atoms with Crippen molar-refractivity contribution in [2.45, 2.75) is 19.1 Å². The van der Waals surface area contributed by atoms with Crippen LogP contribution in [0.25, 0.3) is 0 Å². The van der Waals surface area contributed by atoms with Crippen LogP contribution in [0.2, 0.25) is 5.02 Å². The van der Waals surface area contributed by atoms with Gasteiger partial charge in [0.25, 0.3) is 0 Å². The number of carbonyl (C=O) groups is 1. The fourth-order valence-electron chi connectivity index (χ4n) is 2.50. The first-order valence-corrected chi connectivity index (χ1v) is 10.1. The molecule has 2 rings (SSSR count). The summed E-state index contributed by atoms with van der Waals surface area (Å²) in [7, 11) is -4.14. The molecule has 0 spiro atoms. The third-order valence-electron chi connectivity index (χ3n) is 3.79. The van der Waals surface area contributed by atoms with E-state index in [1.165, 1.54) is 0 Å². The summed E-state index contributed by atoms with van der Waals surface area (Å²) in [6.07, 6.45) is -4.03. The summed E-state index contributed by atoms with van der Waals surface area (Å²) >= 11 is 5.51. The number of carbonyl (C=O) groups excluding carboxylic acids is 1. The van der Waals surface area contributed by atoms with E-state index in [9.17, 15) is 35.2 Å². The van der Waals surface area contributed by atoms with Gasteiger partial charge in [0, 0.05) is 11.8 Å². The lowest BCUT2D eigenvalue weighted by atomic mass is 10.2. The van der Waals surface area contributed by atoms with Gasteiger partial charge >= 0.3 is 6.18 Å². The molecule has 1 amide bonds. The van der Waals surface area contributed by atoms with Crippen molar-refractivity contribution in [1.29, 1.82) is 0 Å². The third kappa shape index (κ3) is 5.36. The van der Waals surface area contributed by atoms with Gasteiger partial charge in [0.2, 0.25) is 15.9 Å². The molecule has 0 aliphatic heterocycles. The molecule has 158 valence electrons. The molecule has 1 unspecified atom stereocenters. The molecular weight excluding hydrogens is 443 g/mol. The number of alkyl halides is 3. The zero-order chi connectivity index (χ0) is 22.1. The smallest absolute Gasteiger partial charge is 0.324 e. The standard InChI is InChI=1S/C17H14ClF5N2O3S/c1-9(25(29(2,27)28)11-4-6-14(19)15(20)8-11)16(26)24-10-3-5-13(18)12(7-10)17(21,22)23/h3-9H,1-2H3,(H,24,26). The van der Waals surface area contributed by atoms with Crippen LogP contribution in [0.5, 0.6) is 0 Å². The van der Waals surface area contributed by atoms with Gasteiger partial charge in [-0.25, -0.2) is 17.2 Å². The van der Waals surface area contributed by atoms with E-state index >= 15 is 0 Å². The van der Waals surface area contributed by atoms with Crippen molar-refractivity contribution < 1.29 is 35.2 Å². The van der Waals surface area contributed by atoms with Crippen molar-refractivity contribution in [1.82, 2.24) is 0 Å². The normalized spacial score (nSPS) is 13.1. The van der Waals surface area contributed by atoms with Crippen LogP contribution in [0.1, 0.15) is 12.5 Å². The van der Waals surface area contributed by atoms with Crippen molar-refractivity contribution in [2.75, 3.05) is 15.9 Å². The van der Waals surface area contributed by atoms with Crippen molar-refractivity contribution in [3.05, 3.63) is 58.6 Å². The summed E-state index contributed by atoms with van der Waals surface area (Å²) < 4.78 is 90.3. The van der Waals surface area contributed by atoms with E-state index in [1.807, 2.05) is 0 Å². The summed E-state index contributed by atoms with van der Waals surface area (Å²) in [5.41, 5.74) is -1.80. The van der Waals surface area contributed by atoms with Gasteiger partial charge < -0.3 is 5.32 Å². The number of sulfonamides is 1. The predicted octanol–water partition coefficient (Wildman–Crippen LogP) is 4.43. The molecule has 0 saturated carbocycles. The number of amides is 1. The Morgan fingerprint density at radius 2 is 1.72 bits per heavy atom. The van der Waals surface area contributed by atoms with Crippen LogP contribution >= 0.6 is 11.6 Å². The topological polar surface area (TPSA) is 66.5 Å². The van der Waals surface area contributed by atoms with Gasteiger partial charge in [-0.15, -0.1) is 0 Å². The van der Waals surface area contributed by atoms with Crippen molar-refractivity contribution in [2.24, 2.45) is 0 Å². The van der Waals surface area contributed by atoms with E-state index in [4.69, 9.17) is 11.6 Å². The first kappa shape index (κ1) is 22.9. The fraction of sp³-hybridized carbons (Fsp3) is 0.235. The van der Waals surface area contributed by atoms with Gasteiger partial charge in [-0.1, -0.05) is 11.6 Å². The van der Waals surface area contributed by atoms with Crippen LogP contribution in [0.3, 0.4) is 0 Å². The molecule has 29 heavy (non-hydrogen) atoms. The first-order valence-electron chi connectivity index (χ1n) is 7.84. The van der Waals surface area contributed by atoms with Crippen molar-refractivity contribution >= 4 is 38.9 Å². The summed E-state index contributed by atoms with van der Waals surface area (Å²) in [6.45, 7) is 1.14. The first-order chi connectivity index (χ1) is 13.2. The fourth-order valence-corrected chi connectivity index (χ4v) is 3.89. The molecule has 0 fully saturated rings. The quantitative estimate of drug-likeness (QED) is 0.677. The van der Waals surface area contributed by atoms with Crippen LogP contribution in [0.4, 0.5) is 33.3 Å². The molecule has 1 N–H and O–H groups in total. The Kier molecular flexibility index (Phi) is 6.43. The van der Waals surface area contributed by atoms with Gasteiger partial charge in [-0.3, -0.25) is 9.10 Å². The maximum atomic E-state index is 13.5. The summed E-state index contributed by atoms with van der Waals surface area (Å²) in [5.74, 6) is -3.56. The molecule has 12 heteroatoms. The molecule has 0 saturated heterocycles. The Bertz CT molecular complexity index is 1040. The number of halogens is 6. The molecule has 0 aromatic heterocycles. The minimum Gasteiger partial charge on any atom is -0.324 e. The Labute approximate surface area is 168 Å². The van der Waals surface area contributed by atoms with Crippen LogP contribution in [-0.2, 0) is 21.0 Å². The second-order valence-electron chi connectivity index (χ2n) is 6.01. The molecule has 5 nitrogen and oxygen atoms in total. The highest BCUT2D eigenvalue weighted by Crippen LogP contribution is 2.36. The molecule has 0 aliphatic carbocycles. The summed E-state index contributed by atoms with van der Waals surface area (Å²) in [4.78, 5) is 12.5. The lowest BCUT2D eigenvalue weighted by Crippen LogP contribution is -2.45. The van der Waals surface area contributed by atoms with E-state index in [1.54, 1.807) is 0 Å². The number of nitrogens with one attached hydrogen (secondary N) is 1. The third-order valence-corrected chi connectivity index (χ3v) is 5.36. The van der Waals surface area contributed by atoms with Crippen LogP contribution in [-0.4, -0.2) is 26.6 Å². The van der Waals surface area contributed by atoms with E-state index in [2.05, 4.69) is 5.32 Å². The zero-order valence-electron chi connectivity index (χ0n) is 14.9. The minimum atomic E-state index is -4.77. The summed E-state index contributed by atoms with van der Waals surface area (Å²) in [5, 5.41) is 1.58. The Balaban J connectivity index is 2.36. The van der Waals surface area contributed by atoms with Gasteiger partial charge in [0.1, 0.15) is 6.04 Å². The lowest BCUT2D eigenvalue weighted by Gasteiger charge is -2.28. The molecule has 0 bridgehead atoms. The molecule has 2 aromatic rings. The second kappa shape index (κ2) is 8.15. The molecule has 0 heterocycles. The minimum absolute atomic E-state index is 0.280. The molecule has 2 aromatic carbocycles. The average molecular weight is 457 g/mol. The zero-order valence-corrected chi connectivity index (χ0v) is 16.5. The number of hydrogen-bond acceptors (Lipinski definition) is 3. The number of nitrogens with zero attached hydrogens (tertiary/aromatic N) is 1. The van der Waals surface area contributed by atoms with E-state index in [-0.39, 0.29) is 11.4 Å². The second-order valence-corrected chi connectivity index (χ2v) is 8.28. The number of anilines is 2. The van der Waals surface area contributed by atoms with Crippen molar-refractivity contribution in [3.8, 4) is 0 Å². The highest BCUT2D eigenvalue weighted by atomic mass is 35.5. The van der Waals surface area contributed by atoms with E-state index in [0.29, 0.717) is 22.5 Å². The van der Waals surface area contributed by atoms with Gasteiger partial charge in [0.05, 0.1) is 22.5 Å². The number of hydrogen-bond donors (Lipinski definition) is 1. The van der Waals surface area contributed by atoms with Crippen LogP contribution < -0.4 is 9.62 Å². The average Bonchev–Trinajstić information content (AvgIpc) is 2.57. The maximum absolute atomic E-state index is 13.5. The lowest BCUT2D eigenvalue weighted by molar-refractivity contribution is -0.137. The number of benzene rings is 2. The SMILES string of the molecule is CC(C(=O)Nc1ccc(Cl)c(C(F)(F)F)c1)N(c1ccc(F)c(F)c1)S(C)(=O)=O. The van der Waals surface area contributed by atoms with Gasteiger partial charge in [0.15, 0.2) is 11.6 Å². The van der Waals surface area contributed by atoms with E-state index in [0.717, 1.165) is 31.4 Å². The Morgan fingerprint density at radius 1 is 1.10 bits per heavy atom. The largest absolute Gasteiger partial charge is 0.417 e. The van der Waals surface area contributed by atoms with Gasteiger partial charge in [-0.05, 0) is 37.3 Å². The highest BCUT2D eigenvalue weighted by Gasteiger charge is 2.34. The maximum Gasteiger partial charge on any atom is 0.417 e. The van der Waals surface area contributed by atoms with Crippen LogP contribution in [0.15, 0.2) is 36.4 Å². The Hall–Kier alpha value is -2.40. The molecular formula is C17H14ClF5N2O3S.